The van der Waals surface area contributed by atoms with Crippen LogP contribution in [0.15, 0.2) is 30.5 Å². The van der Waals surface area contributed by atoms with E-state index in [2.05, 4.69) is 44.5 Å². The highest BCUT2D eigenvalue weighted by molar-refractivity contribution is 6.31. The van der Waals surface area contributed by atoms with Crippen molar-refractivity contribution < 1.29 is 9.47 Å². The molecule has 3 heterocycles. The van der Waals surface area contributed by atoms with Crippen LogP contribution in [0.1, 0.15) is 25.0 Å². The predicted molar refractivity (Wildman–Crippen MR) is 114 cm³/mol. The molecule has 1 aromatic heterocycles. The molecule has 28 heavy (non-hydrogen) atoms. The van der Waals surface area contributed by atoms with Crippen LogP contribution in [0.25, 0.3) is 0 Å². The lowest BCUT2D eigenvalue weighted by Gasteiger charge is -2.28. The molecule has 0 spiro atoms. The van der Waals surface area contributed by atoms with Crippen LogP contribution in [-0.4, -0.2) is 49.0 Å². The highest BCUT2D eigenvalue weighted by Gasteiger charge is 2.17. The van der Waals surface area contributed by atoms with Gasteiger partial charge in [-0.1, -0.05) is 11.6 Å². The van der Waals surface area contributed by atoms with E-state index in [4.69, 9.17) is 21.1 Å². The minimum Gasteiger partial charge on any atom is -0.378 e. The second kappa shape index (κ2) is 10.3. The average Bonchev–Trinajstić information content (AvgIpc) is 3.23. The van der Waals surface area contributed by atoms with Gasteiger partial charge in [-0.15, -0.1) is 12.4 Å². The number of nitrogens with zero attached hydrogens (tertiary/aromatic N) is 3. The third-order valence-electron chi connectivity index (χ3n) is 5.04. The highest BCUT2D eigenvalue weighted by atomic mass is 35.5. The Balaban J connectivity index is 0.00000225. The van der Waals surface area contributed by atoms with Crippen LogP contribution < -0.4 is 10.2 Å². The summed E-state index contributed by atoms with van der Waals surface area (Å²) in [4.78, 5) is 11.2. The third-order valence-corrected chi connectivity index (χ3v) is 5.36. The number of benzene rings is 1. The van der Waals surface area contributed by atoms with Crippen molar-refractivity contribution in [3.63, 3.8) is 0 Å². The summed E-state index contributed by atoms with van der Waals surface area (Å²) in [5.74, 6) is 0.570. The molecule has 0 aliphatic carbocycles. The number of morpholine rings is 1. The van der Waals surface area contributed by atoms with Gasteiger partial charge < -0.3 is 19.7 Å². The number of aryl methyl sites for hydroxylation is 1. The van der Waals surface area contributed by atoms with Crippen LogP contribution in [0.2, 0.25) is 5.02 Å². The van der Waals surface area contributed by atoms with Gasteiger partial charge >= 0.3 is 0 Å². The maximum absolute atomic E-state index is 6.28. The number of rotatable bonds is 6. The van der Waals surface area contributed by atoms with Gasteiger partial charge in [0.15, 0.2) is 0 Å². The van der Waals surface area contributed by atoms with Crippen molar-refractivity contribution in [2.45, 2.75) is 31.8 Å². The molecule has 152 valence electrons. The lowest BCUT2D eigenvalue weighted by molar-refractivity contribution is 0.104. The van der Waals surface area contributed by atoms with E-state index in [0.717, 1.165) is 70.0 Å². The van der Waals surface area contributed by atoms with Gasteiger partial charge in [0, 0.05) is 31.1 Å². The third kappa shape index (κ3) is 5.47. The molecule has 0 bridgehead atoms. The van der Waals surface area contributed by atoms with Crippen molar-refractivity contribution in [2.24, 2.45) is 0 Å². The van der Waals surface area contributed by atoms with E-state index in [1.54, 1.807) is 6.20 Å². The van der Waals surface area contributed by atoms with Crippen molar-refractivity contribution in [3.8, 4) is 0 Å². The van der Waals surface area contributed by atoms with Gasteiger partial charge in [0.05, 0.1) is 36.2 Å². The first-order valence-electron chi connectivity index (χ1n) is 9.61. The zero-order valence-electron chi connectivity index (χ0n) is 15.8. The summed E-state index contributed by atoms with van der Waals surface area (Å²) < 4.78 is 11.1. The summed E-state index contributed by atoms with van der Waals surface area (Å²) in [6.45, 7) is 4.30. The van der Waals surface area contributed by atoms with Crippen LogP contribution in [0.5, 0.6) is 0 Å². The van der Waals surface area contributed by atoms with Gasteiger partial charge in [-0.3, -0.25) is 0 Å². The Morgan fingerprint density at radius 2 is 1.93 bits per heavy atom. The van der Waals surface area contributed by atoms with E-state index in [1.165, 1.54) is 5.69 Å². The zero-order chi connectivity index (χ0) is 18.5. The first-order valence-corrected chi connectivity index (χ1v) is 9.98. The fraction of sp³-hybridized carbons (Fsp3) is 0.500. The molecule has 0 amide bonds. The molecule has 8 heteroatoms. The van der Waals surface area contributed by atoms with E-state index in [9.17, 15) is 0 Å². The van der Waals surface area contributed by atoms with Crippen LogP contribution in [-0.2, 0) is 15.9 Å². The van der Waals surface area contributed by atoms with Crippen molar-refractivity contribution in [1.82, 2.24) is 9.97 Å². The monoisotopic (exact) mass is 424 g/mol. The second-order valence-corrected chi connectivity index (χ2v) is 7.34. The number of halogens is 2. The maximum atomic E-state index is 6.28. The summed E-state index contributed by atoms with van der Waals surface area (Å²) in [6, 6.07) is 8.33. The van der Waals surface area contributed by atoms with Crippen molar-refractivity contribution in [3.05, 3.63) is 41.2 Å². The van der Waals surface area contributed by atoms with Crippen LogP contribution >= 0.6 is 24.0 Å². The Bertz CT molecular complexity index is 748. The number of ether oxygens (including phenoxy) is 2. The molecule has 4 rings (SSSR count). The first-order chi connectivity index (χ1) is 13.3. The van der Waals surface area contributed by atoms with Gasteiger partial charge in [0.1, 0.15) is 0 Å². The van der Waals surface area contributed by atoms with E-state index in [0.29, 0.717) is 17.1 Å². The molecule has 2 aliphatic rings. The fourth-order valence-electron chi connectivity index (χ4n) is 3.51. The smallest absolute Gasteiger partial charge is 0.227 e. The molecular weight excluding hydrogens is 399 g/mol. The highest BCUT2D eigenvalue weighted by Crippen LogP contribution is 2.24. The van der Waals surface area contributed by atoms with E-state index >= 15 is 0 Å². The number of aromatic nitrogens is 2. The standard InChI is InChI=1S/C20H25ClN4O2.ClH/c21-18-14-22-20(24-19(18)8-7-17-2-1-11-27-17)23-15-3-5-16(6-4-15)25-9-12-26-13-10-25;/h3-6,14,17H,1-2,7-13H2,(H,22,23,24);1H/t17-;/m0./s1. The van der Waals surface area contributed by atoms with E-state index in [-0.39, 0.29) is 12.4 Å². The molecule has 1 aromatic carbocycles. The van der Waals surface area contributed by atoms with Crippen LogP contribution in [0, 0.1) is 0 Å². The number of anilines is 3. The summed E-state index contributed by atoms with van der Waals surface area (Å²) in [5, 5.41) is 3.89. The van der Waals surface area contributed by atoms with Gasteiger partial charge in [0.25, 0.3) is 0 Å². The maximum Gasteiger partial charge on any atom is 0.227 e. The molecule has 1 atom stereocenters. The first kappa shape index (κ1) is 21.1. The summed E-state index contributed by atoms with van der Waals surface area (Å²) in [6.07, 6.45) is 6.03. The lowest BCUT2D eigenvalue weighted by atomic mass is 10.1. The Kier molecular flexibility index (Phi) is 7.73. The molecular formula is C20H26Cl2N4O2. The van der Waals surface area contributed by atoms with Gasteiger partial charge in [-0.2, -0.15) is 0 Å². The van der Waals surface area contributed by atoms with Crippen LogP contribution in [0.4, 0.5) is 17.3 Å². The SMILES string of the molecule is Cl.Clc1cnc(Nc2ccc(N3CCOCC3)cc2)nc1CC[C@@H]1CCCO1. The molecule has 2 saturated heterocycles. The number of hydrogen-bond donors (Lipinski definition) is 1. The van der Waals surface area contributed by atoms with Crippen LogP contribution in [0.3, 0.4) is 0 Å². The molecule has 0 unspecified atom stereocenters. The molecule has 6 nitrogen and oxygen atoms in total. The normalized spacial score (nSPS) is 19.3. The van der Waals surface area contributed by atoms with Gasteiger partial charge in [0.2, 0.25) is 5.95 Å². The van der Waals surface area contributed by atoms with E-state index < -0.39 is 0 Å². The fourth-order valence-corrected chi connectivity index (χ4v) is 3.70. The number of nitrogens with one attached hydrogen (secondary N) is 1. The molecule has 0 saturated carbocycles. The summed E-state index contributed by atoms with van der Waals surface area (Å²) in [7, 11) is 0. The Hall–Kier alpha value is -1.60. The topological polar surface area (TPSA) is 59.5 Å². The minimum atomic E-state index is 0. The predicted octanol–water partition coefficient (Wildman–Crippen LogP) is 4.24. The van der Waals surface area contributed by atoms with E-state index in [1.807, 2.05) is 0 Å². The van der Waals surface area contributed by atoms with Crippen molar-refractivity contribution in [1.29, 1.82) is 0 Å². The number of hydrogen-bond acceptors (Lipinski definition) is 6. The second-order valence-electron chi connectivity index (χ2n) is 6.93. The molecule has 2 fully saturated rings. The largest absolute Gasteiger partial charge is 0.378 e. The summed E-state index contributed by atoms with van der Waals surface area (Å²) in [5.41, 5.74) is 3.03. The Morgan fingerprint density at radius 3 is 2.64 bits per heavy atom. The summed E-state index contributed by atoms with van der Waals surface area (Å²) >= 11 is 6.28. The zero-order valence-corrected chi connectivity index (χ0v) is 17.3. The molecule has 2 aliphatic heterocycles. The Labute approximate surface area is 177 Å². The average molecular weight is 425 g/mol. The Morgan fingerprint density at radius 1 is 1.14 bits per heavy atom. The van der Waals surface area contributed by atoms with Crippen molar-refractivity contribution >= 4 is 41.3 Å². The quantitative estimate of drug-likeness (QED) is 0.747. The van der Waals surface area contributed by atoms with Gasteiger partial charge in [-0.25, -0.2) is 9.97 Å². The minimum absolute atomic E-state index is 0. The van der Waals surface area contributed by atoms with Crippen molar-refractivity contribution in [2.75, 3.05) is 43.1 Å². The molecule has 0 radical (unpaired) electrons. The van der Waals surface area contributed by atoms with Gasteiger partial charge in [-0.05, 0) is 49.9 Å². The lowest BCUT2D eigenvalue weighted by Crippen LogP contribution is -2.36. The molecule has 1 N–H and O–H groups in total. The molecule has 2 aromatic rings.